The average Bonchev–Trinajstić information content (AvgIpc) is 2.65. The van der Waals surface area contributed by atoms with Crippen molar-refractivity contribution in [3.05, 3.63) is 29.8 Å². The molecule has 0 radical (unpaired) electrons. The molecular weight excluding hydrogens is 188 g/mol. The monoisotopic (exact) mass is 202 g/mol. The molecule has 0 aromatic heterocycles. The van der Waals surface area contributed by atoms with Gasteiger partial charge in [-0.15, -0.1) is 0 Å². The Hall–Kier alpha value is -1.64. The summed E-state index contributed by atoms with van der Waals surface area (Å²) < 4.78 is 0. The van der Waals surface area contributed by atoms with Gasteiger partial charge in [-0.3, -0.25) is 9.80 Å². The van der Waals surface area contributed by atoms with Gasteiger partial charge in [0.2, 0.25) is 0 Å². The van der Waals surface area contributed by atoms with Gasteiger partial charge in [-0.1, -0.05) is 12.1 Å². The van der Waals surface area contributed by atoms with E-state index in [1.54, 1.807) is 6.92 Å². The first-order chi connectivity index (χ1) is 7.16. The predicted molar refractivity (Wildman–Crippen MR) is 61.5 cm³/mol. The van der Waals surface area contributed by atoms with Crippen LogP contribution in [0.3, 0.4) is 0 Å². The molecular formula is C12H14N2O. The molecule has 0 bridgehead atoms. The van der Waals surface area contributed by atoms with Gasteiger partial charge in [0.15, 0.2) is 5.78 Å². The van der Waals surface area contributed by atoms with Crippen LogP contribution in [0.2, 0.25) is 0 Å². The molecule has 0 atom stereocenters. The van der Waals surface area contributed by atoms with Crippen molar-refractivity contribution >= 4 is 17.2 Å². The highest BCUT2D eigenvalue weighted by Crippen LogP contribution is 2.20. The molecule has 1 aromatic rings. The molecule has 1 aliphatic heterocycles. The second kappa shape index (κ2) is 3.85. The van der Waals surface area contributed by atoms with Crippen molar-refractivity contribution in [1.82, 2.24) is 0 Å². The predicted octanol–water partition coefficient (Wildman–Crippen LogP) is 2.48. The Kier molecular flexibility index (Phi) is 2.54. The second-order valence-electron chi connectivity index (χ2n) is 3.81. The highest BCUT2D eigenvalue weighted by Gasteiger charge is 2.13. The number of carbonyl (C=O) groups is 1. The third kappa shape index (κ3) is 2.06. The fourth-order valence-electron chi connectivity index (χ4n) is 1.65. The van der Waals surface area contributed by atoms with Crippen LogP contribution in [0.4, 0.5) is 5.69 Å². The SMILES string of the molecule is CC(=O)c1cccc(N2CCC(C)=N2)c1. The van der Waals surface area contributed by atoms with Gasteiger partial charge in [-0.25, -0.2) is 0 Å². The van der Waals surface area contributed by atoms with Crippen LogP contribution in [0.25, 0.3) is 0 Å². The molecule has 0 fully saturated rings. The van der Waals surface area contributed by atoms with E-state index in [0.717, 1.165) is 29.9 Å². The van der Waals surface area contributed by atoms with E-state index in [4.69, 9.17) is 0 Å². The van der Waals surface area contributed by atoms with Gasteiger partial charge in [0, 0.05) is 24.2 Å². The normalized spacial score (nSPS) is 15.3. The van der Waals surface area contributed by atoms with Crippen LogP contribution in [0, 0.1) is 0 Å². The van der Waals surface area contributed by atoms with Crippen LogP contribution >= 0.6 is 0 Å². The van der Waals surface area contributed by atoms with E-state index in [1.165, 1.54) is 0 Å². The number of Topliss-reactive ketones (excluding diaryl/α,β-unsaturated/α-hetero) is 1. The lowest BCUT2D eigenvalue weighted by Gasteiger charge is -2.13. The summed E-state index contributed by atoms with van der Waals surface area (Å²) in [6, 6.07) is 7.60. The third-order valence-electron chi connectivity index (χ3n) is 2.53. The smallest absolute Gasteiger partial charge is 0.159 e. The molecule has 0 spiro atoms. The van der Waals surface area contributed by atoms with E-state index < -0.39 is 0 Å². The molecule has 1 aromatic carbocycles. The first kappa shape index (κ1) is 9.90. The molecule has 0 N–H and O–H groups in total. The Balaban J connectivity index is 2.29. The minimum absolute atomic E-state index is 0.0942. The summed E-state index contributed by atoms with van der Waals surface area (Å²) in [5.74, 6) is 0.0942. The molecule has 15 heavy (non-hydrogen) atoms. The van der Waals surface area contributed by atoms with Crippen LogP contribution in [-0.2, 0) is 0 Å². The lowest BCUT2D eigenvalue weighted by molar-refractivity contribution is 0.101. The largest absolute Gasteiger partial charge is 0.295 e. The summed E-state index contributed by atoms with van der Waals surface area (Å²) in [5, 5.41) is 6.34. The van der Waals surface area contributed by atoms with Crippen molar-refractivity contribution in [2.75, 3.05) is 11.6 Å². The van der Waals surface area contributed by atoms with E-state index in [-0.39, 0.29) is 5.78 Å². The standard InChI is InChI=1S/C12H14N2O/c1-9-6-7-14(13-9)12-5-3-4-11(8-12)10(2)15/h3-5,8H,6-7H2,1-2H3. The number of ketones is 1. The van der Waals surface area contributed by atoms with Gasteiger partial charge in [-0.05, 0) is 26.0 Å². The second-order valence-corrected chi connectivity index (χ2v) is 3.81. The Labute approximate surface area is 89.4 Å². The van der Waals surface area contributed by atoms with E-state index in [0.29, 0.717) is 0 Å². The van der Waals surface area contributed by atoms with Crippen LogP contribution in [0.1, 0.15) is 30.6 Å². The molecule has 2 rings (SSSR count). The van der Waals surface area contributed by atoms with Crippen LogP contribution in [0.15, 0.2) is 29.4 Å². The first-order valence-electron chi connectivity index (χ1n) is 5.09. The minimum atomic E-state index is 0.0942. The van der Waals surface area contributed by atoms with Crippen LogP contribution in [0.5, 0.6) is 0 Å². The third-order valence-corrected chi connectivity index (χ3v) is 2.53. The number of benzene rings is 1. The zero-order valence-electron chi connectivity index (χ0n) is 9.03. The summed E-state index contributed by atoms with van der Waals surface area (Å²) in [4.78, 5) is 11.2. The molecule has 0 unspecified atom stereocenters. The molecule has 0 saturated carbocycles. The number of nitrogens with zero attached hydrogens (tertiary/aromatic N) is 2. The number of anilines is 1. The van der Waals surface area contributed by atoms with E-state index >= 15 is 0 Å². The van der Waals surface area contributed by atoms with Gasteiger partial charge in [-0.2, -0.15) is 5.10 Å². The summed E-state index contributed by atoms with van der Waals surface area (Å²) in [7, 11) is 0. The maximum Gasteiger partial charge on any atom is 0.159 e. The van der Waals surface area contributed by atoms with Gasteiger partial charge in [0.1, 0.15) is 0 Å². The van der Waals surface area contributed by atoms with Gasteiger partial charge >= 0.3 is 0 Å². The Morgan fingerprint density at radius 3 is 2.87 bits per heavy atom. The van der Waals surface area contributed by atoms with Crippen LogP contribution < -0.4 is 5.01 Å². The first-order valence-corrected chi connectivity index (χ1v) is 5.09. The topological polar surface area (TPSA) is 32.7 Å². The zero-order valence-corrected chi connectivity index (χ0v) is 9.03. The minimum Gasteiger partial charge on any atom is -0.295 e. The number of hydrazone groups is 1. The van der Waals surface area contributed by atoms with Gasteiger partial charge in [0.25, 0.3) is 0 Å². The van der Waals surface area contributed by atoms with Gasteiger partial charge < -0.3 is 0 Å². The summed E-state index contributed by atoms with van der Waals surface area (Å²) >= 11 is 0. The summed E-state index contributed by atoms with van der Waals surface area (Å²) in [6.45, 7) is 4.51. The number of hydrogen-bond acceptors (Lipinski definition) is 3. The molecule has 1 aliphatic rings. The highest BCUT2D eigenvalue weighted by atomic mass is 16.1. The molecule has 0 amide bonds. The van der Waals surface area contributed by atoms with Crippen molar-refractivity contribution in [2.24, 2.45) is 5.10 Å². The lowest BCUT2D eigenvalue weighted by atomic mass is 10.1. The average molecular weight is 202 g/mol. The van der Waals surface area contributed by atoms with Crippen LogP contribution in [-0.4, -0.2) is 18.0 Å². The molecule has 0 saturated heterocycles. The quantitative estimate of drug-likeness (QED) is 0.690. The Bertz CT molecular complexity index is 423. The summed E-state index contributed by atoms with van der Waals surface area (Å²) in [6.07, 6.45) is 1.00. The van der Waals surface area contributed by atoms with Crippen molar-refractivity contribution in [2.45, 2.75) is 20.3 Å². The maximum absolute atomic E-state index is 11.2. The fraction of sp³-hybridized carbons (Fsp3) is 0.333. The number of carbonyl (C=O) groups excluding carboxylic acids is 1. The molecule has 78 valence electrons. The molecule has 3 nitrogen and oxygen atoms in total. The summed E-state index contributed by atoms with van der Waals surface area (Å²) in [5.41, 5.74) is 2.88. The van der Waals surface area contributed by atoms with Crippen molar-refractivity contribution in [3.8, 4) is 0 Å². The fourth-order valence-corrected chi connectivity index (χ4v) is 1.65. The highest BCUT2D eigenvalue weighted by molar-refractivity contribution is 5.95. The van der Waals surface area contributed by atoms with Crippen molar-refractivity contribution in [1.29, 1.82) is 0 Å². The Morgan fingerprint density at radius 1 is 1.47 bits per heavy atom. The van der Waals surface area contributed by atoms with E-state index in [2.05, 4.69) is 5.10 Å². The molecule has 3 heteroatoms. The van der Waals surface area contributed by atoms with E-state index in [9.17, 15) is 4.79 Å². The molecule has 0 aliphatic carbocycles. The van der Waals surface area contributed by atoms with Crippen molar-refractivity contribution < 1.29 is 4.79 Å². The Morgan fingerprint density at radius 2 is 2.27 bits per heavy atom. The van der Waals surface area contributed by atoms with E-state index in [1.807, 2.05) is 36.2 Å². The maximum atomic E-state index is 11.2. The number of hydrogen-bond donors (Lipinski definition) is 0. The van der Waals surface area contributed by atoms with Crippen molar-refractivity contribution in [3.63, 3.8) is 0 Å². The molecule has 1 heterocycles. The number of rotatable bonds is 2. The lowest BCUT2D eigenvalue weighted by Crippen LogP contribution is -2.12. The van der Waals surface area contributed by atoms with Gasteiger partial charge in [0.05, 0.1) is 5.69 Å². The zero-order chi connectivity index (χ0) is 10.8.